The number of aromatic nitrogens is 2. The van der Waals surface area contributed by atoms with E-state index in [1.807, 2.05) is 6.92 Å². The number of hydrogen-bond donors (Lipinski definition) is 3. The average molecular weight is 296 g/mol. The van der Waals surface area contributed by atoms with Crippen LogP contribution >= 0.6 is 0 Å². The fraction of sp³-hybridized carbons (Fsp3) is 0.643. The second-order valence-electron chi connectivity index (χ2n) is 5.50. The summed E-state index contributed by atoms with van der Waals surface area (Å²) in [6.45, 7) is 3.57. The van der Waals surface area contributed by atoms with E-state index in [-0.39, 0.29) is 17.9 Å². The summed E-state index contributed by atoms with van der Waals surface area (Å²) in [5, 5.41) is 15.6. The largest absolute Gasteiger partial charge is 0.481 e. The van der Waals surface area contributed by atoms with E-state index in [1.54, 1.807) is 31.0 Å². The van der Waals surface area contributed by atoms with Crippen LogP contribution < -0.4 is 11.1 Å². The molecule has 4 N–H and O–H groups in total. The number of hydrogen-bond acceptors (Lipinski definition) is 4. The van der Waals surface area contributed by atoms with E-state index in [2.05, 4.69) is 10.4 Å². The number of rotatable bonds is 8. The summed E-state index contributed by atoms with van der Waals surface area (Å²) >= 11 is 0. The van der Waals surface area contributed by atoms with E-state index >= 15 is 0 Å². The van der Waals surface area contributed by atoms with Crippen molar-refractivity contribution in [3.05, 3.63) is 18.0 Å². The minimum absolute atomic E-state index is 0.0405. The highest BCUT2D eigenvalue weighted by Gasteiger charge is 2.19. The van der Waals surface area contributed by atoms with Gasteiger partial charge in [0.05, 0.1) is 12.1 Å². The molecule has 0 aromatic carbocycles. The van der Waals surface area contributed by atoms with E-state index in [1.165, 1.54) is 0 Å². The molecule has 0 bridgehead atoms. The number of carboxylic acids is 1. The molecule has 118 valence electrons. The van der Waals surface area contributed by atoms with Crippen molar-refractivity contribution in [2.24, 2.45) is 18.7 Å². The van der Waals surface area contributed by atoms with Gasteiger partial charge in [-0.1, -0.05) is 13.3 Å². The van der Waals surface area contributed by atoms with Crippen LogP contribution in [0.15, 0.2) is 12.4 Å². The van der Waals surface area contributed by atoms with Gasteiger partial charge in [-0.25, -0.2) is 0 Å². The highest BCUT2D eigenvalue weighted by Crippen LogP contribution is 2.12. The molecule has 0 aliphatic rings. The van der Waals surface area contributed by atoms with Gasteiger partial charge < -0.3 is 16.2 Å². The van der Waals surface area contributed by atoms with Crippen LogP contribution in [-0.4, -0.2) is 32.8 Å². The van der Waals surface area contributed by atoms with Crippen LogP contribution in [0.25, 0.3) is 0 Å². The zero-order chi connectivity index (χ0) is 16.0. The van der Waals surface area contributed by atoms with E-state index in [0.717, 1.165) is 12.8 Å². The number of aliphatic carboxylic acids is 1. The van der Waals surface area contributed by atoms with Crippen LogP contribution in [0.1, 0.15) is 44.7 Å². The maximum atomic E-state index is 12.0. The van der Waals surface area contributed by atoms with Crippen LogP contribution in [0.2, 0.25) is 0 Å². The summed E-state index contributed by atoms with van der Waals surface area (Å²) in [6.07, 6.45) is 5.36. The van der Waals surface area contributed by atoms with Gasteiger partial charge in [-0.2, -0.15) is 5.10 Å². The first kappa shape index (κ1) is 17.2. The summed E-state index contributed by atoms with van der Waals surface area (Å²) in [5.74, 6) is -1.39. The van der Waals surface area contributed by atoms with Gasteiger partial charge in [0.1, 0.15) is 6.04 Å². The second kappa shape index (κ2) is 7.78. The molecule has 3 atom stereocenters. The normalized spacial score (nSPS) is 15.2. The number of carboxylic acid groups (broad SMARTS) is 1. The van der Waals surface area contributed by atoms with Crippen molar-refractivity contribution in [2.75, 3.05) is 0 Å². The van der Waals surface area contributed by atoms with Gasteiger partial charge in [-0.3, -0.25) is 14.3 Å². The van der Waals surface area contributed by atoms with Crippen LogP contribution in [0.3, 0.4) is 0 Å². The Balaban J connectivity index is 2.35. The Bertz CT molecular complexity index is 486. The topological polar surface area (TPSA) is 110 Å². The Kier molecular flexibility index (Phi) is 6.36. The number of aryl methyl sites for hydroxylation is 1. The lowest BCUT2D eigenvalue weighted by atomic mass is 10.0. The Morgan fingerprint density at radius 1 is 1.43 bits per heavy atom. The minimum Gasteiger partial charge on any atom is -0.481 e. The molecule has 1 aromatic heterocycles. The summed E-state index contributed by atoms with van der Waals surface area (Å²) in [6, 6.07) is -0.777. The molecule has 0 aliphatic heterocycles. The Morgan fingerprint density at radius 3 is 2.62 bits per heavy atom. The van der Waals surface area contributed by atoms with Crippen molar-refractivity contribution < 1.29 is 14.7 Å². The molecule has 21 heavy (non-hydrogen) atoms. The lowest BCUT2D eigenvalue weighted by Crippen LogP contribution is -2.39. The number of carbonyl (C=O) groups is 2. The van der Waals surface area contributed by atoms with Gasteiger partial charge in [-0.05, 0) is 19.8 Å². The summed E-state index contributed by atoms with van der Waals surface area (Å²) in [7, 11) is 1.76. The minimum atomic E-state index is -0.787. The predicted octanol–water partition coefficient (Wildman–Crippen LogP) is 0.816. The fourth-order valence-electron chi connectivity index (χ4n) is 2.01. The molecule has 0 fully saturated rings. The first-order chi connectivity index (χ1) is 9.81. The number of nitrogens with zero attached hydrogens (tertiary/aromatic N) is 2. The molecular formula is C14H24N4O3. The standard InChI is InChI=1S/C14H24N4O3/c1-9(14(20)21)5-4-6-10(2)17-13(19)12(15)11-7-16-18(3)8-11/h7-10,12H,4-6,15H2,1-3H3,(H,17,19)(H,20,21). The summed E-state index contributed by atoms with van der Waals surface area (Å²) in [4.78, 5) is 22.7. The molecule has 7 nitrogen and oxygen atoms in total. The average Bonchev–Trinajstić information content (AvgIpc) is 2.84. The fourth-order valence-corrected chi connectivity index (χ4v) is 2.01. The van der Waals surface area contributed by atoms with E-state index < -0.39 is 12.0 Å². The smallest absolute Gasteiger partial charge is 0.306 e. The number of nitrogens with one attached hydrogen (secondary N) is 1. The van der Waals surface area contributed by atoms with Crippen molar-refractivity contribution in [1.29, 1.82) is 0 Å². The van der Waals surface area contributed by atoms with Gasteiger partial charge in [0, 0.05) is 24.8 Å². The number of carbonyl (C=O) groups excluding carboxylic acids is 1. The third kappa shape index (κ3) is 5.55. The zero-order valence-corrected chi connectivity index (χ0v) is 12.7. The number of nitrogens with two attached hydrogens (primary N) is 1. The van der Waals surface area contributed by atoms with Crippen molar-refractivity contribution in [1.82, 2.24) is 15.1 Å². The third-order valence-corrected chi connectivity index (χ3v) is 3.45. The molecule has 1 amide bonds. The van der Waals surface area contributed by atoms with Crippen molar-refractivity contribution in [3.63, 3.8) is 0 Å². The molecule has 0 saturated carbocycles. The van der Waals surface area contributed by atoms with Crippen LogP contribution in [0.4, 0.5) is 0 Å². The molecule has 1 aromatic rings. The quantitative estimate of drug-likeness (QED) is 0.657. The van der Waals surface area contributed by atoms with Crippen LogP contribution in [-0.2, 0) is 16.6 Å². The molecule has 0 aliphatic carbocycles. The molecule has 1 rings (SSSR count). The van der Waals surface area contributed by atoms with Gasteiger partial charge in [0.2, 0.25) is 5.91 Å². The SMILES string of the molecule is CC(CCCC(C)C(=O)O)NC(=O)C(N)c1cnn(C)c1. The predicted molar refractivity (Wildman–Crippen MR) is 78.4 cm³/mol. The van der Waals surface area contributed by atoms with Gasteiger partial charge in [-0.15, -0.1) is 0 Å². The third-order valence-electron chi connectivity index (χ3n) is 3.45. The highest BCUT2D eigenvalue weighted by atomic mass is 16.4. The Hall–Kier alpha value is -1.89. The van der Waals surface area contributed by atoms with E-state index in [0.29, 0.717) is 12.0 Å². The molecule has 1 heterocycles. The monoisotopic (exact) mass is 296 g/mol. The lowest BCUT2D eigenvalue weighted by Gasteiger charge is -2.17. The van der Waals surface area contributed by atoms with Crippen molar-refractivity contribution in [3.8, 4) is 0 Å². The summed E-state index contributed by atoms with van der Waals surface area (Å²) in [5.41, 5.74) is 6.54. The van der Waals surface area contributed by atoms with E-state index in [9.17, 15) is 9.59 Å². The zero-order valence-electron chi connectivity index (χ0n) is 12.7. The van der Waals surface area contributed by atoms with Crippen LogP contribution in [0.5, 0.6) is 0 Å². The molecular weight excluding hydrogens is 272 g/mol. The molecule has 0 saturated heterocycles. The Labute approximate surface area is 124 Å². The highest BCUT2D eigenvalue weighted by molar-refractivity contribution is 5.83. The second-order valence-corrected chi connectivity index (χ2v) is 5.50. The van der Waals surface area contributed by atoms with E-state index in [4.69, 9.17) is 10.8 Å². The Morgan fingerprint density at radius 2 is 2.10 bits per heavy atom. The van der Waals surface area contributed by atoms with Crippen LogP contribution in [0, 0.1) is 5.92 Å². The molecule has 0 spiro atoms. The molecule has 0 radical (unpaired) electrons. The number of amides is 1. The molecule has 3 unspecified atom stereocenters. The van der Waals surface area contributed by atoms with Gasteiger partial charge in [0.15, 0.2) is 0 Å². The summed E-state index contributed by atoms with van der Waals surface area (Å²) < 4.78 is 1.60. The maximum Gasteiger partial charge on any atom is 0.306 e. The first-order valence-corrected chi connectivity index (χ1v) is 7.08. The van der Waals surface area contributed by atoms with Crippen molar-refractivity contribution in [2.45, 2.75) is 45.2 Å². The maximum absolute atomic E-state index is 12.0. The molecule has 7 heteroatoms. The van der Waals surface area contributed by atoms with Gasteiger partial charge >= 0.3 is 5.97 Å². The van der Waals surface area contributed by atoms with Crippen molar-refractivity contribution >= 4 is 11.9 Å². The lowest BCUT2D eigenvalue weighted by molar-refractivity contribution is -0.141. The van der Waals surface area contributed by atoms with Gasteiger partial charge in [0.25, 0.3) is 0 Å². The first-order valence-electron chi connectivity index (χ1n) is 7.08.